The third-order valence-corrected chi connectivity index (χ3v) is 12.2. The van der Waals surface area contributed by atoms with Crippen molar-refractivity contribution in [3.8, 4) is 44.8 Å². The Balaban J connectivity index is 1.32. The van der Waals surface area contributed by atoms with Gasteiger partial charge in [0.25, 0.3) is 0 Å². The topological polar surface area (TPSA) is 25.8 Å². The summed E-state index contributed by atoms with van der Waals surface area (Å²) in [5, 5.41) is 2.28. The summed E-state index contributed by atoms with van der Waals surface area (Å²) in [6, 6.07) is 45.2. The van der Waals surface area contributed by atoms with Gasteiger partial charge in [0.15, 0.2) is 0 Å². The highest BCUT2D eigenvalue weighted by Gasteiger charge is 2.22. The Bertz CT molecular complexity index is 2210. The van der Waals surface area contributed by atoms with Crippen LogP contribution in [0.3, 0.4) is 0 Å². The molecule has 0 bridgehead atoms. The average Bonchev–Trinajstić information content (AvgIpc) is 3.21. The maximum atomic E-state index is 5.63. The van der Waals surface area contributed by atoms with Crippen LogP contribution in [-0.4, -0.2) is 9.97 Å². The van der Waals surface area contributed by atoms with Crippen molar-refractivity contribution < 1.29 is 0 Å². The van der Waals surface area contributed by atoms with E-state index in [-0.39, 0.29) is 0 Å². The van der Waals surface area contributed by atoms with E-state index in [0.717, 1.165) is 33.2 Å². The van der Waals surface area contributed by atoms with Crippen LogP contribution in [0.2, 0.25) is 0 Å². The fourth-order valence-corrected chi connectivity index (χ4v) is 9.17. The predicted molar refractivity (Wildman–Crippen MR) is 220 cm³/mol. The zero-order valence-electron chi connectivity index (χ0n) is 30.7. The smallest absolute Gasteiger partial charge is 0.0978 e. The van der Waals surface area contributed by atoms with Crippen molar-refractivity contribution in [1.29, 1.82) is 0 Å². The minimum absolute atomic E-state index is 0.633. The molecule has 0 unspecified atom stereocenters. The van der Waals surface area contributed by atoms with E-state index < -0.39 is 0 Å². The number of rotatable bonds is 6. The lowest BCUT2D eigenvalue weighted by Crippen LogP contribution is -2.05. The van der Waals surface area contributed by atoms with Crippen LogP contribution in [-0.2, 0) is 0 Å². The van der Waals surface area contributed by atoms with E-state index >= 15 is 0 Å². The van der Waals surface area contributed by atoms with E-state index in [1.54, 1.807) is 0 Å². The van der Waals surface area contributed by atoms with Gasteiger partial charge in [0.05, 0.1) is 22.4 Å². The normalized spacial score (nSPS) is 15.7. The molecule has 2 saturated carbocycles. The molecule has 0 radical (unpaired) electrons. The molecule has 7 aromatic rings. The Morgan fingerprint density at radius 3 is 1.21 bits per heavy atom. The van der Waals surface area contributed by atoms with Gasteiger partial charge in [0.1, 0.15) is 0 Å². The van der Waals surface area contributed by atoms with Crippen molar-refractivity contribution in [3.63, 3.8) is 0 Å². The third-order valence-electron chi connectivity index (χ3n) is 12.2. The molecule has 0 amide bonds. The lowest BCUT2D eigenvalue weighted by atomic mass is 9.82. The number of aryl methyl sites for hydroxylation is 2. The number of hydrogen-bond acceptors (Lipinski definition) is 2. The monoisotopic (exact) mass is 676 g/mol. The van der Waals surface area contributed by atoms with Crippen LogP contribution in [0, 0.1) is 13.8 Å². The third kappa shape index (κ3) is 6.23. The molecule has 2 heteroatoms. The van der Waals surface area contributed by atoms with Gasteiger partial charge in [-0.3, -0.25) is 0 Å². The number of hydrogen-bond donors (Lipinski definition) is 0. The Morgan fingerprint density at radius 2 is 0.808 bits per heavy atom. The number of benzene rings is 5. The standard InChI is InChI=1S/C50H48N2/c1-33-23-25-39(35-15-7-3-8-16-35)29-43(33)47-31-45(37-19-11-5-12-20-37)41-27-28-42-46(38-21-13-6-14-22-38)32-48(52-50(42)49(41)51-47)44-30-40(26-24-34(44)2)36-17-9-4-10-18-36/h5-6,11-14,19-32,35-36H,3-4,7-10,15-18H2,1-2H3. The molecule has 5 aromatic carbocycles. The van der Waals surface area contributed by atoms with E-state index in [0.29, 0.717) is 11.8 Å². The first-order valence-corrected chi connectivity index (χ1v) is 19.7. The summed E-state index contributed by atoms with van der Waals surface area (Å²) in [4.78, 5) is 11.3. The highest BCUT2D eigenvalue weighted by molar-refractivity contribution is 6.13. The Labute approximate surface area is 309 Å². The molecule has 2 aromatic heterocycles. The molecule has 9 rings (SSSR count). The summed E-state index contributed by atoms with van der Waals surface area (Å²) >= 11 is 0. The van der Waals surface area contributed by atoms with Gasteiger partial charge in [-0.25, -0.2) is 9.97 Å². The van der Waals surface area contributed by atoms with Gasteiger partial charge in [0, 0.05) is 21.9 Å². The van der Waals surface area contributed by atoms with Crippen LogP contribution >= 0.6 is 0 Å². The van der Waals surface area contributed by atoms with Crippen molar-refractivity contribution >= 4 is 21.8 Å². The van der Waals surface area contributed by atoms with Crippen LogP contribution in [0.15, 0.2) is 121 Å². The molecule has 258 valence electrons. The second-order valence-corrected chi connectivity index (χ2v) is 15.5. The SMILES string of the molecule is Cc1ccc(C2CCCCC2)cc1-c1cc(-c2ccccc2)c2ccc3c(-c4ccccc4)cc(-c4cc(C5CCCCC5)ccc4C)nc3c2n1. The van der Waals surface area contributed by atoms with E-state index in [9.17, 15) is 0 Å². The summed E-state index contributed by atoms with van der Waals surface area (Å²) in [5.41, 5.74) is 16.7. The Hall–Kier alpha value is -5.08. The number of fused-ring (bicyclic) bond motifs is 3. The van der Waals surface area contributed by atoms with Crippen LogP contribution in [0.25, 0.3) is 66.6 Å². The minimum Gasteiger partial charge on any atom is -0.245 e. The number of aromatic nitrogens is 2. The van der Waals surface area contributed by atoms with E-state index in [2.05, 4.69) is 135 Å². The van der Waals surface area contributed by atoms with Crippen LogP contribution in [0.5, 0.6) is 0 Å². The van der Waals surface area contributed by atoms with Gasteiger partial charge < -0.3 is 0 Å². The zero-order chi connectivity index (χ0) is 35.0. The van der Waals surface area contributed by atoms with E-state index in [1.165, 1.54) is 120 Å². The van der Waals surface area contributed by atoms with Gasteiger partial charge in [-0.1, -0.05) is 136 Å². The van der Waals surface area contributed by atoms with Gasteiger partial charge in [-0.2, -0.15) is 0 Å². The largest absolute Gasteiger partial charge is 0.245 e. The first kappa shape index (κ1) is 32.8. The summed E-state index contributed by atoms with van der Waals surface area (Å²) in [7, 11) is 0. The molecular formula is C50H48N2. The van der Waals surface area contributed by atoms with Crippen molar-refractivity contribution in [3.05, 3.63) is 144 Å². The molecule has 2 aliphatic carbocycles. The van der Waals surface area contributed by atoms with Gasteiger partial charge in [-0.15, -0.1) is 0 Å². The molecule has 2 fully saturated rings. The molecule has 0 spiro atoms. The quantitative estimate of drug-likeness (QED) is 0.164. The molecule has 2 heterocycles. The lowest BCUT2D eigenvalue weighted by molar-refractivity contribution is 0.443. The number of nitrogens with zero attached hydrogens (tertiary/aromatic N) is 2. The second kappa shape index (κ2) is 14.2. The summed E-state index contributed by atoms with van der Waals surface area (Å²) < 4.78 is 0. The van der Waals surface area contributed by atoms with Gasteiger partial charge >= 0.3 is 0 Å². The zero-order valence-corrected chi connectivity index (χ0v) is 30.7. The Morgan fingerprint density at radius 1 is 0.404 bits per heavy atom. The molecule has 52 heavy (non-hydrogen) atoms. The number of pyridine rings is 2. The fraction of sp³-hybridized carbons (Fsp3) is 0.280. The maximum Gasteiger partial charge on any atom is 0.0978 e. The molecule has 2 aliphatic rings. The summed E-state index contributed by atoms with van der Waals surface area (Å²) in [5.74, 6) is 1.27. The average molecular weight is 677 g/mol. The highest BCUT2D eigenvalue weighted by atomic mass is 14.8. The summed E-state index contributed by atoms with van der Waals surface area (Å²) in [6.45, 7) is 4.48. The minimum atomic E-state index is 0.633. The first-order valence-electron chi connectivity index (χ1n) is 19.7. The fourth-order valence-electron chi connectivity index (χ4n) is 9.17. The van der Waals surface area contributed by atoms with Crippen molar-refractivity contribution in [1.82, 2.24) is 9.97 Å². The van der Waals surface area contributed by atoms with Crippen LogP contribution < -0.4 is 0 Å². The van der Waals surface area contributed by atoms with Crippen molar-refractivity contribution in [2.75, 3.05) is 0 Å². The van der Waals surface area contributed by atoms with E-state index in [4.69, 9.17) is 9.97 Å². The molecule has 0 N–H and O–H groups in total. The van der Waals surface area contributed by atoms with E-state index in [1.807, 2.05) is 0 Å². The predicted octanol–water partition coefficient (Wildman–Crippen LogP) is 14.2. The second-order valence-electron chi connectivity index (χ2n) is 15.5. The first-order chi connectivity index (χ1) is 25.6. The molecule has 0 atom stereocenters. The highest BCUT2D eigenvalue weighted by Crippen LogP contribution is 2.42. The molecule has 2 nitrogen and oxygen atoms in total. The van der Waals surface area contributed by atoms with Crippen molar-refractivity contribution in [2.45, 2.75) is 89.9 Å². The summed E-state index contributed by atoms with van der Waals surface area (Å²) in [6.07, 6.45) is 13.2. The molecule has 0 saturated heterocycles. The maximum absolute atomic E-state index is 5.63. The molecular weight excluding hydrogens is 629 g/mol. The molecule has 0 aliphatic heterocycles. The lowest BCUT2D eigenvalue weighted by Gasteiger charge is -2.23. The van der Waals surface area contributed by atoms with Crippen LogP contribution in [0.1, 0.15) is 98.3 Å². The van der Waals surface area contributed by atoms with Gasteiger partial charge in [0.2, 0.25) is 0 Å². The van der Waals surface area contributed by atoms with Crippen LogP contribution in [0.4, 0.5) is 0 Å². The Kier molecular flexibility index (Phi) is 8.93. The van der Waals surface area contributed by atoms with Gasteiger partial charge in [-0.05, 0) is 120 Å². The van der Waals surface area contributed by atoms with Crippen molar-refractivity contribution in [2.24, 2.45) is 0 Å².